The van der Waals surface area contributed by atoms with Crippen LogP contribution in [0.15, 0.2) is 48.2 Å². The van der Waals surface area contributed by atoms with Gasteiger partial charge in [0.1, 0.15) is 0 Å². The first-order chi connectivity index (χ1) is 10.7. The van der Waals surface area contributed by atoms with E-state index in [4.69, 9.17) is 0 Å². The highest BCUT2D eigenvalue weighted by Crippen LogP contribution is 2.20. The van der Waals surface area contributed by atoms with Crippen LogP contribution in [-0.4, -0.2) is 5.54 Å². The van der Waals surface area contributed by atoms with Crippen LogP contribution in [0.25, 0.3) is 0 Å². The molecule has 0 aliphatic rings. The minimum atomic E-state index is 0.0440. The number of hydrogen-bond donors (Lipinski definition) is 1. The Balaban J connectivity index is 4.38. The van der Waals surface area contributed by atoms with Gasteiger partial charge in [-0.05, 0) is 46.1 Å². The van der Waals surface area contributed by atoms with Crippen LogP contribution in [0.2, 0.25) is 0 Å². The van der Waals surface area contributed by atoms with Crippen LogP contribution in [0.1, 0.15) is 80.1 Å². The van der Waals surface area contributed by atoms with Gasteiger partial charge in [0.25, 0.3) is 0 Å². The van der Waals surface area contributed by atoms with Gasteiger partial charge >= 0.3 is 0 Å². The van der Waals surface area contributed by atoms with Crippen molar-refractivity contribution in [3.05, 3.63) is 48.2 Å². The molecule has 0 aromatic heterocycles. The predicted octanol–water partition coefficient (Wildman–Crippen LogP) is 6.94. The molecule has 1 heteroatoms. The lowest BCUT2D eigenvalue weighted by molar-refractivity contribution is 0.452. The van der Waals surface area contributed by atoms with E-state index in [0.717, 1.165) is 11.3 Å². The van der Waals surface area contributed by atoms with Crippen molar-refractivity contribution in [2.75, 3.05) is 0 Å². The van der Waals surface area contributed by atoms with Gasteiger partial charge in [0.2, 0.25) is 0 Å². The van der Waals surface area contributed by atoms with E-state index in [0.29, 0.717) is 0 Å². The standard InChI is InChI=1S/C22H39N/c1-9-11-12-13-14-15-21(10-2)17-16-18(3)19(4)20(5)23-22(6,7)8/h10,16-17,19,23H,3,5,9,11-15H2,1-2,4,6-8H3/b17-16-,21-10-/t19-/m1/s1. The van der Waals surface area contributed by atoms with Crippen LogP contribution >= 0.6 is 0 Å². The molecule has 0 fully saturated rings. The van der Waals surface area contributed by atoms with Gasteiger partial charge in [-0.3, -0.25) is 0 Å². The van der Waals surface area contributed by atoms with Crippen molar-refractivity contribution in [3.8, 4) is 0 Å². The van der Waals surface area contributed by atoms with Gasteiger partial charge in [-0.2, -0.15) is 0 Å². The van der Waals surface area contributed by atoms with Crippen molar-refractivity contribution in [1.82, 2.24) is 5.32 Å². The Morgan fingerprint density at radius 3 is 2.17 bits per heavy atom. The molecule has 1 atom stereocenters. The SMILES string of the molecule is C=C(/C=C\C(=C/C)CCCCCCC)[C@@H](C)C(=C)NC(C)(C)C. The fourth-order valence-corrected chi connectivity index (χ4v) is 2.43. The molecule has 132 valence electrons. The van der Waals surface area contributed by atoms with Crippen LogP contribution in [0.3, 0.4) is 0 Å². The maximum absolute atomic E-state index is 4.22. The van der Waals surface area contributed by atoms with Gasteiger partial charge < -0.3 is 5.32 Å². The topological polar surface area (TPSA) is 12.0 Å². The highest BCUT2D eigenvalue weighted by atomic mass is 15.0. The molecule has 0 bridgehead atoms. The van der Waals surface area contributed by atoms with Gasteiger partial charge in [-0.25, -0.2) is 0 Å². The molecule has 0 spiro atoms. The molecule has 0 aromatic carbocycles. The van der Waals surface area contributed by atoms with E-state index in [2.05, 4.69) is 78.2 Å². The summed E-state index contributed by atoms with van der Waals surface area (Å²) in [4.78, 5) is 0. The van der Waals surface area contributed by atoms with Crippen molar-refractivity contribution in [3.63, 3.8) is 0 Å². The fraction of sp³-hybridized carbons (Fsp3) is 0.636. The zero-order valence-electron chi connectivity index (χ0n) is 16.5. The number of rotatable bonds is 11. The molecule has 0 aliphatic carbocycles. The van der Waals surface area contributed by atoms with E-state index in [-0.39, 0.29) is 11.5 Å². The third kappa shape index (κ3) is 11.0. The summed E-state index contributed by atoms with van der Waals surface area (Å²) in [6.45, 7) is 21.4. The molecule has 23 heavy (non-hydrogen) atoms. The highest BCUT2D eigenvalue weighted by Gasteiger charge is 2.15. The van der Waals surface area contributed by atoms with E-state index < -0.39 is 0 Å². The normalized spacial score (nSPS) is 14.1. The number of allylic oxidation sites excluding steroid dienone is 5. The summed E-state index contributed by atoms with van der Waals surface area (Å²) in [5, 5.41) is 3.45. The Bertz CT molecular complexity index is 418. The molecule has 0 saturated heterocycles. The predicted molar refractivity (Wildman–Crippen MR) is 107 cm³/mol. The summed E-state index contributed by atoms with van der Waals surface area (Å²) in [6.07, 6.45) is 14.4. The van der Waals surface area contributed by atoms with E-state index in [9.17, 15) is 0 Å². The third-order valence-corrected chi connectivity index (χ3v) is 4.07. The van der Waals surface area contributed by atoms with Crippen LogP contribution in [0.5, 0.6) is 0 Å². The molecular formula is C22H39N. The van der Waals surface area contributed by atoms with Crippen molar-refractivity contribution < 1.29 is 0 Å². The highest BCUT2D eigenvalue weighted by molar-refractivity contribution is 5.30. The zero-order chi connectivity index (χ0) is 17.9. The summed E-state index contributed by atoms with van der Waals surface area (Å²) < 4.78 is 0. The molecule has 1 nitrogen and oxygen atoms in total. The van der Waals surface area contributed by atoms with Crippen LogP contribution < -0.4 is 5.32 Å². The third-order valence-electron chi connectivity index (χ3n) is 4.07. The monoisotopic (exact) mass is 317 g/mol. The first-order valence-corrected chi connectivity index (χ1v) is 9.20. The molecule has 0 saturated carbocycles. The lowest BCUT2D eigenvalue weighted by atomic mass is 9.96. The van der Waals surface area contributed by atoms with Gasteiger partial charge in [0.05, 0.1) is 0 Å². The van der Waals surface area contributed by atoms with Crippen molar-refractivity contribution in [2.45, 2.75) is 85.6 Å². The Morgan fingerprint density at radius 1 is 1.04 bits per heavy atom. The van der Waals surface area contributed by atoms with E-state index in [1.54, 1.807) is 0 Å². The maximum atomic E-state index is 4.22. The first-order valence-electron chi connectivity index (χ1n) is 9.20. The molecule has 0 aliphatic heterocycles. The second-order valence-electron chi connectivity index (χ2n) is 7.56. The minimum absolute atomic E-state index is 0.0440. The summed E-state index contributed by atoms with van der Waals surface area (Å²) in [5.74, 6) is 0.244. The Labute approximate surface area is 145 Å². The molecule has 0 heterocycles. The lowest BCUT2D eigenvalue weighted by Crippen LogP contribution is -2.36. The Morgan fingerprint density at radius 2 is 1.65 bits per heavy atom. The zero-order valence-corrected chi connectivity index (χ0v) is 16.5. The summed E-state index contributed by atoms with van der Waals surface area (Å²) >= 11 is 0. The number of unbranched alkanes of at least 4 members (excludes halogenated alkanes) is 4. The molecule has 0 rings (SSSR count). The van der Waals surface area contributed by atoms with E-state index >= 15 is 0 Å². The Hall–Kier alpha value is -1.24. The molecule has 0 amide bonds. The molecule has 1 N–H and O–H groups in total. The molecule has 0 unspecified atom stereocenters. The number of hydrogen-bond acceptors (Lipinski definition) is 1. The summed E-state index contributed by atoms with van der Waals surface area (Å²) in [5.41, 5.74) is 3.59. The first kappa shape index (κ1) is 21.8. The fourth-order valence-electron chi connectivity index (χ4n) is 2.43. The molecule has 0 radical (unpaired) electrons. The van der Waals surface area contributed by atoms with Crippen molar-refractivity contribution >= 4 is 0 Å². The van der Waals surface area contributed by atoms with Crippen molar-refractivity contribution in [2.24, 2.45) is 5.92 Å². The largest absolute Gasteiger partial charge is 0.384 e. The average Bonchev–Trinajstić information content (AvgIpc) is 2.47. The summed E-state index contributed by atoms with van der Waals surface area (Å²) in [7, 11) is 0. The quantitative estimate of drug-likeness (QED) is 0.321. The smallest absolute Gasteiger partial charge is 0.0286 e. The maximum Gasteiger partial charge on any atom is 0.0286 e. The van der Waals surface area contributed by atoms with Crippen LogP contribution in [0, 0.1) is 5.92 Å². The van der Waals surface area contributed by atoms with Gasteiger partial charge in [0, 0.05) is 17.2 Å². The van der Waals surface area contributed by atoms with Gasteiger partial charge in [-0.15, -0.1) is 0 Å². The number of nitrogens with one attached hydrogen (secondary N) is 1. The average molecular weight is 318 g/mol. The minimum Gasteiger partial charge on any atom is -0.384 e. The van der Waals surface area contributed by atoms with Crippen LogP contribution in [0.4, 0.5) is 0 Å². The second kappa shape index (κ2) is 11.3. The lowest BCUT2D eigenvalue weighted by Gasteiger charge is -2.27. The van der Waals surface area contributed by atoms with Gasteiger partial charge in [-0.1, -0.05) is 76.5 Å². The van der Waals surface area contributed by atoms with Crippen molar-refractivity contribution in [1.29, 1.82) is 0 Å². The molecular weight excluding hydrogens is 278 g/mol. The van der Waals surface area contributed by atoms with Gasteiger partial charge in [0.15, 0.2) is 0 Å². The Kier molecular flexibility index (Phi) is 10.7. The second-order valence-corrected chi connectivity index (χ2v) is 7.56. The summed E-state index contributed by atoms with van der Waals surface area (Å²) in [6, 6.07) is 0. The van der Waals surface area contributed by atoms with E-state index in [1.807, 2.05) is 0 Å². The van der Waals surface area contributed by atoms with Crippen LogP contribution in [-0.2, 0) is 0 Å². The molecule has 0 aromatic rings. The van der Waals surface area contributed by atoms with E-state index in [1.165, 1.54) is 44.1 Å².